The van der Waals surface area contributed by atoms with Gasteiger partial charge in [0.2, 0.25) is 11.1 Å². The largest absolute Gasteiger partial charge is 0.465 e. The van der Waals surface area contributed by atoms with Gasteiger partial charge in [-0.05, 0) is 22.9 Å². The second-order valence-electron chi connectivity index (χ2n) is 4.91. The Kier molecular flexibility index (Phi) is 6.74. The fourth-order valence-electron chi connectivity index (χ4n) is 1.96. The number of hydrogen-bond donors (Lipinski definition) is 0. The summed E-state index contributed by atoms with van der Waals surface area (Å²) in [5, 5.41) is 11.6. The van der Waals surface area contributed by atoms with Crippen LogP contribution in [0.1, 0.15) is 12.5 Å². The lowest BCUT2D eigenvalue weighted by atomic mass is 10.2. The molecule has 2 rings (SSSR count). The fourth-order valence-corrected chi connectivity index (χ4v) is 2.71. The Bertz CT molecular complexity index is 677. The van der Waals surface area contributed by atoms with Crippen molar-refractivity contribution in [1.82, 2.24) is 25.1 Å². The summed E-state index contributed by atoms with van der Waals surface area (Å²) in [5.41, 5.74) is 0.945. The van der Waals surface area contributed by atoms with Gasteiger partial charge < -0.3 is 9.64 Å². The molecule has 0 aliphatic heterocycles. The maximum atomic E-state index is 12.5. The number of nitrogens with zero attached hydrogens (tertiary/aromatic N) is 5. The molecule has 0 spiro atoms. The van der Waals surface area contributed by atoms with Crippen LogP contribution in [0.5, 0.6) is 0 Å². The Morgan fingerprint density at radius 1 is 1.29 bits per heavy atom. The quantitative estimate of drug-likeness (QED) is 0.516. The summed E-state index contributed by atoms with van der Waals surface area (Å²) in [6.45, 7) is 2.28. The average molecular weight is 349 g/mol. The summed E-state index contributed by atoms with van der Waals surface area (Å²) in [5.74, 6) is -0.465. The van der Waals surface area contributed by atoms with Gasteiger partial charge in [-0.15, -0.1) is 5.10 Å². The number of hydrogen-bond acceptors (Lipinski definition) is 7. The number of aryl methyl sites for hydroxylation is 1. The third kappa shape index (κ3) is 5.34. The predicted octanol–water partition coefficient (Wildman–Crippen LogP) is 0.894. The van der Waals surface area contributed by atoms with E-state index < -0.39 is 5.97 Å². The van der Waals surface area contributed by atoms with Crippen LogP contribution in [0, 0.1) is 0 Å². The van der Waals surface area contributed by atoms with Crippen molar-refractivity contribution >= 4 is 23.6 Å². The molecule has 0 aliphatic rings. The SMILES string of the molecule is CCOC(=O)CN(Cc1ccccc1)C(=O)CSc1nnnn1C. The molecule has 2 aromatic rings. The highest BCUT2D eigenvalue weighted by Gasteiger charge is 2.19. The van der Waals surface area contributed by atoms with E-state index in [1.54, 1.807) is 14.0 Å². The number of rotatable bonds is 8. The zero-order valence-corrected chi connectivity index (χ0v) is 14.4. The van der Waals surface area contributed by atoms with E-state index >= 15 is 0 Å². The molecule has 0 aliphatic carbocycles. The second kappa shape index (κ2) is 9.02. The minimum Gasteiger partial charge on any atom is -0.465 e. The highest BCUT2D eigenvalue weighted by molar-refractivity contribution is 7.99. The lowest BCUT2D eigenvalue weighted by Crippen LogP contribution is -2.37. The highest BCUT2D eigenvalue weighted by atomic mass is 32.2. The molecule has 0 saturated heterocycles. The number of ether oxygens (including phenoxy) is 1. The summed E-state index contributed by atoms with van der Waals surface area (Å²) >= 11 is 1.22. The minimum atomic E-state index is -0.424. The number of benzene rings is 1. The van der Waals surface area contributed by atoms with Crippen LogP contribution in [0.15, 0.2) is 35.5 Å². The normalized spacial score (nSPS) is 10.4. The van der Waals surface area contributed by atoms with E-state index in [1.807, 2.05) is 30.3 Å². The molecular formula is C15H19N5O3S. The first-order valence-electron chi connectivity index (χ1n) is 7.42. The molecule has 1 aromatic carbocycles. The van der Waals surface area contributed by atoms with Crippen molar-refractivity contribution < 1.29 is 14.3 Å². The van der Waals surface area contributed by atoms with Crippen LogP contribution >= 0.6 is 11.8 Å². The number of tetrazole rings is 1. The molecule has 128 valence electrons. The first kappa shape index (κ1) is 17.9. The number of aromatic nitrogens is 4. The monoisotopic (exact) mass is 349 g/mol. The van der Waals surface area contributed by atoms with Crippen molar-refractivity contribution in [3.63, 3.8) is 0 Å². The molecule has 8 nitrogen and oxygen atoms in total. The lowest BCUT2D eigenvalue weighted by molar-refractivity contribution is -0.148. The van der Waals surface area contributed by atoms with Crippen LogP contribution < -0.4 is 0 Å². The van der Waals surface area contributed by atoms with Crippen molar-refractivity contribution in [2.75, 3.05) is 18.9 Å². The summed E-state index contributed by atoms with van der Waals surface area (Å²) in [6.07, 6.45) is 0. The number of carbonyl (C=O) groups excluding carboxylic acids is 2. The molecule has 0 fully saturated rings. The summed E-state index contributed by atoms with van der Waals surface area (Å²) in [6, 6.07) is 9.50. The Labute approximate surface area is 144 Å². The van der Waals surface area contributed by atoms with Gasteiger partial charge in [-0.2, -0.15) is 0 Å². The van der Waals surface area contributed by atoms with Gasteiger partial charge in [0.05, 0.1) is 12.4 Å². The number of thioether (sulfide) groups is 1. The standard InChI is InChI=1S/C15H19N5O3S/c1-3-23-14(22)10-20(9-12-7-5-4-6-8-12)13(21)11-24-15-16-17-18-19(15)2/h4-8H,3,9-11H2,1-2H3. The second-order valence-corrected chi connectivity index (χ2v) is 5.86. The first-order chi connectivity index (χ1) is 11.6. The zero-order chi connectivity index (χ0) is 17.4. The molecular weight excluding hydrogens is 330 g/mol. The molecule has 0 N–H and O–H groups in total. The van der Waals surface area contributed by atoms with Gasteiger partial charge in [-0.1, -0.05) is 42.1 Å². The topological polar surface area (TPSA) is 90.2 Å². The van der Waals surface area contributed by atoms with Crippen LogP contribution in [0.3, 0.4) is 0 Å². The van der Waals surface area contributed by atoms with E-state index in [4.69, 9.17) is 4.74 Å². The van der Waals surface area contributed by atoms with Crippen molar-refractivity contribution in [1.29, 1.82) is 0 Å². The van der Waals surface area contributed by atoms with Crippen molar-refractivity contribution in [2.24, 2.45) is 7.05 Å². The van der Waals surface area contributed by atoms with E-state index in [9.17, 15) is 9.59 Å². The molecule has 0 unspecified atom stereocenters. The molecule has 0 bridgehead atoms. The van der Waals surface area contributed by atoms with Gasteiger partial charge in [-0.3, -0.25) is 9.59 Å². The van der Waals surface area contributed by atoms with Gasteiger partial charge in [0.15, 0.2) is 0 Å². The molecule has 1 aromatic heterocycles. The van der Waals surface area contributed by atoms with Crippen LogP contribution in [0.4, 0.5) is 0 Å². The van der Waals surface area contributed by atoms with Gasteiger partial charge in [0.1, 0.15) is 6.54 Å². The highest BCUT2D eigenvalue weighted by Crippen LogP contribution is 2.14. The molecule has 1 heterocycles. The van der Waals surface area contributed by atoms with Gasteiger partial charge in [0, 0.05) is 13.6 Å². The van der Waals surface area contributed by atoms with E-state index in [1.165, 1.54) is 21.3 Å². The minimum absolute atomic E-state index is 0.0841. The molecule has 0 atom stereocenters. The van der Waals surface area contributed by atoms with Crippen LogP contribution in [0.25, 0.3) is 0 Å². The van der Waals surface area contributed by atoms with Gasteiger partial charge >= 0.3 is 5.97 Å². The Morgan fingerprint density at radius 3 is 2.67 bits per heavy atom. The van der Waals surface area contributed by atoms with E-state index in [0.29, 0.717) is 11.7 Å². The van der Waals surface area contributed by atoms with Crippen molar-refractivity contribution in [2.45, 2.75) is 18.6 Å². The number of amides is 1. The molecule has 1 amide bonds. The van der Waals surface area contributed by atoms with E-state index in [2.05, 4.69) is 15.5 Å². The van der Waals surface area contributed by atoms with Crippen LogP contribution in [-0.2, 0) is 27.9 Å². The van der Waals surface area contributed by atoms with E-state index in [0.717, 1.165) is 5.56 Å². The third-order valence-corrected chi connectivity index (χ3v) is 4.10. The maximum Gasteiger partial charge on any atom is 0.325 e. The summed E-state index contributed by atoms with van der Waals surface area (Å²) in [7, 11) is 1.70. The average Bonchev–Trinajstić information content (AvgIpc) is 2.98. The number of esters is 1. The maximum absolute atomic E-state index is 12.5. The van der Waals surface area contributed by atoms with Gasteiger partial charge in [-0.25, -0.2) is 4.68 Å². The molecule has 0 radical (unpaired) electrons. The lowest BCUT2D eigenvalue weighted by Gasteiger charge is -2.21. The Hall–Kier alpha value is -2.42. The Morgan fingerprint density at radius 2 is 2.04 bits per heavy atom. The molecule has 0 saturated carbocycles. The molecule has 24 heavy (non-hydrogen) atoms. The van der Waals surface area contributed by atoms with Gasteiger partial charge in [0.25, 0.3) is 0 Å². The summed E-state index contributed by atoms with van der Waals surface area (Å²) in [4.78, 5) is 25.8. The summed E-state index contributed by atoms with van der Waals surface area (Å²) < 4.78 is 6.44. The smallest absolute Gasteiger partial charge is 0.325 e. The van der Waals surface area contributed by atoms with Crippen LogP contribution in [-0.4, -0.2) is 55.9 Å². The number of carbonyl (C=O) groups is 2. The van der Waals surface area contributed by atoms with E-state index in [-0.39, 0.29) is 24.8 Å². The van der Waals surface area contributed by atoms with Crippen LogP contribution in [0.2, 0.25) is 0 Å². The zero-order valence-electron chi connectivity index (χ0n) is 13.6. The first-order valence-corrected chi connectivity index (χ1v) is 8.41. The van der Waals surface area contributed by atoms with Crippen molar-refractivity contribution in [3.05, 3.63) is 35.9 Å². The predicted molar refractivity (Wildman–Crippen MR) is 88.0 cm³/mol. The fraction of sp³-hybridized carbons (Fsp3) is 0.400. The third-order valence-electron chi connectivity index (χ3n) is 3.10. The van der Waals surface area contributed by atoms with Crippen molar-refractivity contribution in [3.8, 4) is 0 Å². The Balaban J connectivity index is 2.01. The molecule has 9 heteroatoms.